The second kappa shape index (κ2) is 2.50. The number of aromatic amines is 1. The average molecular weight is 228 g/mol. The molecule has 1 saturated heterocycles. The predicted octanol–water partition coefficient (Wildman–Crippen LogP) is 1.85. The summed E-state index contributed by atoms with van der Waals surface area (Å²) in [4.78, 5) is 17.5. The number of hydrogen-bond acceptors (Lipinski definition) is 2. The van der Waals surface area contributed by atoms with Crippen LogP contribution >= 0.6 is 0 Å². The molecule has 0 amide bonds. The summed E-state index contributed by atoms with van der Waals surface area (Å²) in [5.41, 5.74) is 4.75. The van der Waals surface area contributed by atoms with Crippen LogP contribution < -0.4 is 0 Å². The van der Waals surface area contributed by atoms with Crippen LogP contribution in [0.1, 0.15) is 28.5 Å². The molecule has 0 radical (unpaired) electrons. The average Bonchev–Trinajstić information content (AvgIpc) is 2.66. The van der Waals surface area contributed by atoms with Crippen molar-refractivity contribution < 1.29 is 4.79 Å². The number of aromatic nitrogens is 1. The van der Waals surface area contributed by atoms with E-state index in [1.807, 2.05) is 12.3 Å². The number of carbonyl (C=O) groups excluding carboxylic acids is 1. The lowest BCUT2D eigenvalue weighted by atomic mass is 9.82. The molecule has 3 unspecified atom stereocenters. The van der Waals surface area contributed by atoms with Crippen molar-refractivity contribution in [2.45, 2.75) is 19.3 Å². The van der Waals surface area contributed by atoms with Crippen LogP contribution in [-0.2, 0) is 5.41 Å². The van der Waals surface area contributed by atoms with E-state index in [0.29, 0.717) is 11.8 Å². The quantitative estimate of drug-likeness (QED) is 0.735. The molecule has 4 rings (SSSR count). The number of carbonyl (C=O) groups is 1. The topological polar surface area (TPSA) is 36.1 Å². The van der Waals surface area contributed by atoms with E-state index in [1.165, 1.54) is 16.8 Å². The number of fused-ring (bicyclic) bond motifs is 1. The number of nitrogens with one attached hydrogen (secondary N) is 1. The summed E-state index contributed by atoms with van der Waals surface area (Å²) in [6.45, 7) is 5.52. The lowest BCUT2D eigenvalue weighted by Gasteiger charge is -2.28. The van der Waals surface area contributed by atoms with Crippen LogP contribution in [0.3, 0.4) is 0 Å². The highest BCUT2D eigenvalue weighted by Gasteiger charge is 2.72. The summed E-state index contributed by atoms with van der Waals surface area (Å²) in [6, 6.07) is 0. The number of aryl methyl sites for hydroxylation is 1. The van der Waals surface area contributed by atoms with Crippen LogP contribution in [-0.4, -0.2) is 29.3 Å². The van der Waals surface area contributed by atoms with Crippen molar-refractivity contribution in [2.24, 2.45) is 11.8 Å². The first kappa shape index (κ1) is 9.51. The molecular formula is C14H16N2O. The zero-order chi connectivity index (χ0) is 11.9. The molecule has 3 atom stereocenters. The third kappa shape index (κ3) is 0.790. The summed E-state index contributed by atoms with van der Waals surface area (Å²) in [7, 11) is 2.10. The number of allylic oxidation sites excluding steroid dienone is 2. The molecule has 1 spiro atoms. The lowest BCUT2D eigenvalue weighted by molar-refractivity contribution is 0.103. The van der Waals surface area contributed by atoms with Crippen LogP contribution in [0.2, 0.25) is 0 Å². The summed E-state index contributed by atoms with van der Waals surface area (Å²) >= 11 is 0. The molecule has 17 heavy (non-hydrogen) atoms. The minimum atomic E-state index is 0.139. The van der Waals surface area contributed by atoms with Gasteiger partial charge in [0.1, 0.15) is 0 Å². The van der Waals surface area contributed by atoms with E-state index >= 15 is 0 Å². The Labute approximate surface area is 101 Å². The highest BCUT2D eigenvalue weighted by molar-refractivity contribution is 6.07. The molecule has 1 aromatic heterocycles. The maximum absolute atomic E-state index is 12.1. The van der Waals surface area contributed by atoms with Gasteiger partial charge >= 0.3 is 0 Å². The number of likely N-dealkylation sites (tertiary alicyclic amines) is 1. The smallest absolute Gasteiger partial charge is 0.204 e. The Bertz CT molecular complexity index is 583. The van der Waals surface area contributed by atoms with Gasteiger partial charge in [-0.15, -0.1) is 0 Å². The van der Waals surface area contributed by atoms with Crippen molar-refractivity contribution in [3.8, 4) is 0 Å². The number of ketones is 1. The maximum atomic E-state index is 12.1. The highest BCUT2D eigenvalue weighted by atomic mass is 16.1. The van der Waals surface area contributed by atoms with Crippen molar-refractivity contribution in [3.63, 3.8) is 0 Å². The first-order valence-electron chi connectivity index (χ1n) is 6.24. The van der Waals surface area contributed by atoms with Crippen molar-refractivity contribution in [1.29, 1.82) is 0 Å². The van der Waals surface area contributed by atoms with Crippen LogP contribution in [0.4, 0.5) is 0 Å². The fourth-order valence-electron chi connectivity index (χ4n) is 4.30. The van der Waals surface area contributed by atoms with Gasteiger partial charge in [-0.1, -0.05) is 6.92 Å². The number of rotatable bonds is 0. The number of nitrogens with zero attached hydrogens (tertiary/aromatic N) is 1. The summed E-state index contributed by atoms with van der Waals surface area (Å²) in [6.07, 6.45) is 3.83. The number of piperidine rings is 1. The molecule has 1 N–H and O–H groups in total. The molecule has 3 nitrogen and oxygen atoms in total. The standard InChI is InChI=1S/C14H16N2O/c1-7-5-15-13-10(17)4-11-14(12(7)13)8(2)9(14)6-16(11)3/h4-5,8-9,15H,6H2,1-3H3. The van der Waals surface area contributed by atoms with Crippen LogP contribution in [0.15, 0.2) is 18.0 Å². The molecule has 1 aliphatic heterocycles. The summed E-state index contributed by atoms with van der Waals surface area (Å²) < 4.78 is 0. The normalized spacial score (nSPS) is 37.5. The Morgan fingerprint density at radius 3 is 3.06 bits per heavy atom. The number of likely N-dealkylation sites (N-methyl/N-ethyl adjacent to an activating group) is 1. The minimum Gasteiger partial charge on any atom is -0.377 e. The largest absolute Gasteiger partial charge is 0.377 e. The van der Waals surface area contributed by atoms with E-state index in [4.69, 9.17) is 0 Å². The monoisotopic (exact) mass is 228 g/mol. The fraction of sp³-hybridized carbons (Fsp3) is 0.500. The van der Waals surface area contributed by atoms with Gasteiger partial charge in [-0.2, -0.15) is 0 Å². The van der Waals surface area contributed by atoms with Crippen LogP contribution in [0.25, 0.3) is 0 Å². The third-order valence-electron chi connectivity index (χ3n) is 5.11. The van der Waals surface area contributed by atoms with Gasteiger partial charge in [-0.25, -0.2) is 0 Å². The molecule has 2 heterocycles. The zero-order valence-electron chi connectivity index (χ0n) is 10.4. The van der Waals surface area contributed by atoms with Gasteiger partial charge in [0, 0.05) is 37.0 Å². The van der Waals surface area contributed by atoms with Gasteiger partial charge in [0.05, 0.1) is 5.69 Å². The molecule has 3 heteroatoms. The van der Waals surface area contributed by atoms with E-state index in [1.54, 1.807) is 0 Å². The Kier molecular flexibility index (Phi) is 1.40. The van der Waals surface area contributed by atoms with Crippen molar-refractivity contribution >= 4 is 5.78 Å². The van der Waals surface area contributed by atoms with Crippen molar-refractivity contribution in [2.75, 3.05) is 13.6 Å². The molecule has 2 aliphatic carbocycles. The first-order valence-corrected chi connectivity index (χ1v) is 6.24. The molecular weight excluding hydrogens is 212 g/mol. The lowest BCUT2D eigenvalue weighted by Crippen LogP contribution is -2.28. The Balaban J connectivity index is 2.05. The second-order valence-electron chi connectivity index (χ2n) is 5.76. The van der Waals surface area contributed by atoms with Crippen LogP contribution in [0.5, 0.6) is 0 Å². The molecule has 0 aromatic carbocycles. The molecule has 1 saturated carbocycles. The van der Waals surface area contributed by atoms with Crippen LogP contribution in [0, 0.1) is 18.8 Å². The first-order chi connectivity index (χ1) is 8.08. The van der Waals surface area contributed by atoms with Gasteiger partial charge in [0.2, 0.25) is 5.78 Å². The van der Waals surface area contributed by atoms with Gasteiger partial charge in [0.15, 0.2) is 0 Å². The van der Waals surface area contributed by atoms with E-state index in [9.17, 15) is 4.79 Å². The van der Waals surface area contributed by atoms with Gasteiger partial charge in [-0.3, -0.25) is 4.79 Å². The minimum absolute atomic E-state index is 0.139. The molecule has 88 valence electrons. The predicted molar refractivity (Wildman–Crippen MR) is 64.9 cm³/mol. The molecule has 1 aromatic rings. The van der Waals surface area contributed by atoms with E-state index in [-0.39, 0.29) is 11.2 Å². The Morgan fingerprint density at radius 2 is 2.29 bits per heavy atom. The number of hydrogen-bond donors (Lipinski definition) is 1. The summed E-state index contributed by atoms with van der Waals surface area (Å²) in [5.74, 6) is 1.51. The molecule has 0 bridgehead atoms. The Hall–Kier alpha value is -1.51. The zero-order valence-corrected chi connectivity index (χ0v) is 10.4. The van der Waals surface area contributed by atoms with Gasteiger partial charge in [0.25, 0.3) is 0 Å². The molecule has 2 fully saturated rings. The maximum Gasteiger partial charge on any atom is 0.204 e. The second-order valence-corrected chi connectivity index (χ2v) is 5.76. The molecule has 3 aliphatic rings. The summed E-state index contributed by atoms with van der Waals surface area (Å²) in [5, 5.41) is 0. The van der Waals surface area contributed by atoms with Gasteiger partial charge < -0.3 is 9.88 Å². The Morgan fingerprint density at radius 1 is 1.53 bits per heavy atom. The van der Waals surface area contributed by atoms with Crippen molar-refractivity contribution in [1.82, 2.24) is 9.88 Å². The van der Waals surface area contributed by atoms with E-state index < -0.39 is 0 Å². The van der Waals surface area contributed by atoms with E-state index in [0.717, 1.165) is 12.2 Å². The van der Waals surface area contributed by atoms with E-state index in [2.05, 4.69) is 30.8 Å². The van der Waals surface area contributed by atoms with Crippen molar-refractivity contribution in [3.05, 3.63) is 34.8 Å². The highest BCUT2D eigenvalue weighted by Crippen LogP contribution is 2.70. The fourth-order valence-corrected chi connectivity index (χ4v) is 4.30. The number of H-pyrrole nitrogens is 1. The third-order valence-corrected chi connectivity index (χ3v) is 5.11. The van der Waals surface area contributed by atoms with Gasteiger partial charge in [-0.05, 0) is 29.9 Å². The SMILES string of the molecule is Cc1c[nH]c2c1C13C(=CC2=O)N(C)CC1C3C.